The lowest BCUT2D eigenvalue weighted by molar-refractivity contribution is -0.136. The Morgan fingerprint density at radius 3 is 2.77 bits per heavy atom. The van der Waals surface area contributed by atoms with Crippen molar-refractivity contribution in [3.05, 3.63) is 46.8 Å². The fourth-order valence-corrected chi connectivity index (χ4v) is 3.14. The van der Waals surface area contributed by atoms with E-state index in [-0.39, 0.29) is 23.9 Å². The van der Waals surface area contributed by atoms with E-state index in [1.807, 2.05) is 27.7 Å². The number of amides is 1. The van der Waals surface area contributed by atoms with Gasteiger partial charge in [-0.05, 0) is 26.1 Å². The normalized spacial score (nSPS) is 19.5. The van der Waals surface area contributed by atoms with E-state index in [4.69, 9.17) is 0 Å². The molecule has 1 amide bonds. The maximum atomic E-state index is 12.6. The molecule has 1 aliphatic rings. The molecule has 2 heterocycles. The van der Waals surface area contributed by atoms with Crippen molar-refractivity contribution in [1.29, 1.82) is 0 Å². The highest BCUT2D eigenvalue weighted by molar-refractivity contribution is 5.82. The van der Waals surface area contributed by atoms with Crippen LogP contribution in [0.15, 0.2) is 41.3 Å². The number of para-hydroxylation sites is 1. The largest absolute Gasteiger partial charge is 0.338 e. The Labute approximate surface area is 129 Å². The van der Waals surface area contributed by atoms with Crippen LogP contribution in [0.5, 0.6) is 0 Å². The third-order valence-corrected chi connectivity index (χ3v) is 4.34. The Morgan fingerprint density at radius 2 is 2.00 bits per heavy atom. The van der Waals surface area contributed by atoms with Crippen molar-refractivity contribution in [2.45, 2.75) is 19.5 Å². The molecule has 1 aliphatic heterocycles. The van der Waals surface area contributed by atoms with Crippen LogP contribution in [-0.4, -0.2) is 53.0 Å². The lowest BCUT2D eigenvalue weighted by Gasteiger charge is -2.38. The number of hydrogen-bond donors (Lipinski definition) is 0. The van der Waals surface area contributed by atoms with Gasteiger partial charge in [0.1, 0.15) is 6.54 Å². The fourth-order valence-electron chi connectivity index (χ4n) is 3.14. The first-order chi connectivity index (χ1) is 10.6. The smallest absolute Gasteiger partial charge is 0.242 e. The van der Waals surface area contributed by atoms with Gasteiger partial charge in [-0.15, -0.1) is 0 Å². The van der Waals surface area contributed by atoms with Crippen LogP contribution >= 0.6 is 0 Å². The molecule has 0 radical (unpaired) electrons. The van der Waals surface area contributed by atoms with Crippen molar-refractivity contribution in [3.8, 4) is 0 Å². The van der Waals surface area contributed by atoms with Gasteiger partial charge in [-0.3, -0.25) is 9.59 Å². The molecule has 2 aromatic rings. The van der Waals surface area contributed by atoms with E-state index in [0.29, 0.717) is 5.39 Å². The second-order valence-corrected chi connectivity index (χ2v) is 6.02. The summed E-state index contributed by atoms with van der Waals surface area (Å²) in [6.07, 6.45) is 1.71. The minimum atomic E-state index is -0.00716. The van der Waals surface area contributed by atoms with Gasteiger partial charge in [0.2, 0.25) is 5.91 Å². The number of piperazine rings is 1. The molecule has 0 saturated carbocycles. The first-order valence-electron chi connectivity index (χ1n) is 7.62. The van der Waals surface area contributed by atoms with E-state index in [1.165, 1.54) is 6.07 Å². The summed E-state index contributed by atoms with van der Waals surface area (Å²) in [5.74, 6) is 0.106. The number of likely N-dealkylation sites (N-methyl/N-ethyl adjacent to an activating group) is 1. The quantitative estimate of drug-likeness (QED) is 0.836. The summed E-state index contributed by atoms with van der Waals surface area (Å²) in [5.41, 5.74) is 0.803. The second-order valence-electron chi connectivity index (χ2n) is 6.02. The maximum absolute atomic E-state index is 12.6. The zero-order valence-electron chi connectivity index (χ0n) is 13.0. The predicted octanol–water partition coefficient (Wildman–Crippen LogP) is 1.16. The van der Waals surface area contributed by atoms with Crippen LogP contribution in [0.2, 0.25) is 0 Å². The van der Waals surface area contributed by atoms with Gasteiger partial charge < -0.3 is 14.4 Å². The number of nitrogens with zero attached hydrogens (tertiary/aromatic N) is 3. The summed E-state index contributed by atoms with van der Waals surface area (Å²) in [6.45, 7) is 4.91. The standard InChI is InChI=1S/C17H21N3O2/c1-13-11-18(2)9-10-20(13)17(22)12-19-8-7-16(21)14-5-3-4-6-15(14)19/h3-8,13H,9-12H2,1-2H3/t13-/m0/s1. The number of hydrogen-bond acceptors (Lipinski definition) is 3. The molecule has 0 unspecified atom stereocenters. The van der Waals surface area contributed by atoms with Crippen LogP contribution in [0.1, 0.15) is 6.92 Å². The van der Waals surface area contributed by atoms with Gasteiger partial charge >= 0.3 is 0 Å². The van der Waals surface area contributed by atoms with Crippen LogP contribution in [0.3, 0.4) is 0 Å². The molecule has 5 nitrogen and oxygen atoms in total. The van der Waals surface area contributed by atoms with Crippen LogP contribution in [0.25, 0.3) is 10.9 Å². The Balaban J connectivity index is 1.86. The summed E-state index contributed by atoms with van der Waals surface area (Å²) in [4.78, 5) is 28.7. The first-order valence-corrected chi connectivity index (χ1v) is 7.62. The number of rotatable bonds is 2. The first kappa shape index (κ1) is 14.8. The molecule has 22 heavy (non-hydrogen) atoms. The highest BCUT2D eigenvalue weighted by Crippen LogP contribution is 2.12. The molecule has 5 heteroatoms. The molecule has 1 aromatic carbocycles. The van der Waals surface area contributed by atoms with Crippen LogP contribution in [-0.2, 0) is 11.3 Å². The number of aromatic nitrogens is 1. The molecule has 0 N–H and O–H groups in total. The third-order valence-electron chi connectivity index (χ3n) is 4.34. The lowest BCUT2D eigenvalue weighted by Crippen LogP contribution is -2.53. The van der Waals surface area contributed by atoms with Gasteiger partial charge in [-0.1, -0.05) is 12.1 Å². The van der Waals surface area contributed by atoms with Crippen molar-refractivity contribution in [1.82, 2.24) is 14.4 Å². The Hall–Kier alpha value is -2.14. The van der Waals surface area contributed by atoms with Crippen LogP contribution in [0, 0.1) is 0 Å². The molecule has 0 spiro atoms. The molecular weight excluding hydrogens is 278 g/mol. The molecule has 0 aliphatic carbocycles. The van der Waals surface area contributed by atoms with Gasteiger partial charge in [-0.25, -0.2) is 0 Å². The van der Waals surface area contributed by atoms with E-state index >= 15 is 0 Å². The Kier molecular flexibility index (Phi) is 3.98. The SMILES string of the molecule is C[C@H]1CN(C)CCN1C(=O)Cn1ccc(=O)c2ccccc21. The molecule has 1 fully saturated rings. The predicted molar refractivity (Wildman–Crippen MR) is 86.9 cm³/mol. The molecule has 0 bridgehead atoms. The number of carbonyl (C=O) groups is 1. The number of benzene rings is 1. The van der Waals surface area contributed by atoms with E-state index < -0.39 is 0 Å². The van der Waals surface area contributed by atoms with Crippen molar-refractivity contribution >= 4 is 16.8 Å². The molecular formula is C17H21N3O2. The van der Waals surface area contributed by atoms with Crippen molar-refractivity contribution < 1.29 is 4.79 Å². The lowest BCUT2D eigenvalue weighted by atomic mass is 10.2. The van der Waals surface area contributed by atoms with Gasteiger partial charge in [0.25, 0.3) is 0 Å². The van der Waals surface area contributed by atoms with Crippen LogP contribution in [0.4, 0.5) is 0 Å². The summed E-state index contributed by atoms with van der Waals surface area (Å²) in [7, 11) is 2.08. The average molecular weight is 299 g/mol. The third kappa shape index (κ3) is 2.76. The Morgan fingerprint density at radius 1 is 1.23 bits per heavy atom. The van der Waals surface area contributed by atoms with E-state index in [0.717, 1.165) is 25.2 Å². The summed E-state index contributed by atoms with van der Waals surface area (Å²) in [5, 5.41) is 0.657. The summed E-state index contributed by atoms with van der Waals surface area (Å²) >= 11 is 0. The maximum Gasteiger partial charge on any atom is 0.242 e. The van der Waals surface area contributed by atoms with Gasteiger partial charge in [0.15, 0.2) is 5.43 Å². The van der Waals surface area contributed by atoms with Gasteiger partial charge in [0, 0.05) is 43.3 Å². The monoisotopic (exact) mass is 299 g/mol. The molecule has 1 atom stereocenters. The summed E-state index contributed by atoms with van der Waals surface area (Å²) < 4.78 is 1.87. The fraction of sp³-hybridized carbons (Fsp3) is 0.412. The van der Waals surface area contributed by atoms with Gasteiger partial charge in [0.05, 0.1) is 5.52 Å². The van der Waals surface area contributed by atoms with Gasteiger partial charge in [-0.2, -0.15) is 0 Å². The Bertz CT molecular complexity index is 753. The highest BCUT2D eigenvalue weighted by atomic mass is 16.2. The van der Waals surface area contributed by atoms with Crippen molar-refractivity contribution in [2.75, 3.05) is 26.7 Å². The average Bonchev–Trinajstić information content (AvgIpc) is 2.50. The molecule has 116 valence electrons. The summed E-state index contributed by atoms with van der Waals surface area (Å²) in [6, 6.07) is 9.17. The molecule has 3 rings (SSSR count). The minimum absolute atomic E-state index is 0.00716. The topological polar surface area (TPSA) is 45.5 Å². The highest BCUT2D eigenvalue weighted by Gasteiger charge is 2.25. The number of pyridine rings is 1. The molecule has 1 saturated heterocycles. The van der Waals surface area contributed by atoms with E-state index in [9.17, 15) is 9.59 Å². The minimum Gasteiger partial charge on any atom is -0.338 e. The van der Waals surface area contributed by atoms with E-state index in [2.05, 4.69) is 18.9 Å². The van der Waals surface area contributed by atoms with Crippen molar-refractivity contribution in [2.24, 2.45) is 0 Å². The second kappa shape index (κ2) is 5.93. The molecule has 1 aromatic heterocycles. The number of carbonyl (C=O) groups excluding carboxylic acids is 1. The zero-order chi connectivity index (χ0) is 15.7. The van der Waals surface area contributed by atoms with E-state index in [1.54, 1.807) is 12.3 Å². The zero-order valence-corrected chi connectivity index (χ0v) is 13.0. The number of fused-ring (bicyclic) bond motifs is 1. The van der Waals surface area contributed by atoms with Crippen molar-refractivity contribution in [3.63, 3.8) is 0 Å². The van der Waals surface area contributed by atoms with Crippen LogP contribution < -0.4 is 5.43 Å².